The largest absolute Gasteiger partial charge is 0.338 e. The molecule has 0 aliphatic heterocycles. The summed E-state index contributed by atoms with van der Waals surface area (Å²) in [6.45, 7) is 0. The third-order valence-electron chi connectivity index (χ3n) is 4.40. The zero-order valence-corrected chi connectivity index (χ0v) is 12.1. The van der Waals surface area contributed by atoms with E-state index in [1.54, 1.807) is 0 Å². The van der Waals surface area contributed by atoms with Gasteiger partial charge in [-0.15, -0.1) is 11.3 Å². The van der Waals surface area contributed by atoms with Crippen LogP contribution in [0.5, 0.6) is 0 Å². The van der Waals surface area contributed by atoms with Crippen molar-refractivity contribution >= 4 is 27.8 Å². The molecule has 1 aromatic heterocycles. The van der Waals surface area contributed by atoms with Crippen molar-refractivity contribution < 1.29 is 4.79 Å². The summed E-state index contributed by atoms with van der Waals surface area (Å²) < 4.78 is 1.32. The monoisotopic (exact) mass is 273 g/mol. The van der Waals surface area contributed by atoms with Crippen LogP contribution in [0.1, 0.15) is 37.0 Å². The quantitative estimate of drug-likeness (QED) is 0.769. The molecule has 1 fully saturated rings. The molecule has 1 aliphatic carbocycles. The number of carbonyl (C=O) groups is 1. The molecule has 19 heavy (non-hydrogen) atoms. The molecule has 0 N–H and O–H groups in total. The zero-order valence-electron chi connectivity index (χ0n) is 11.3. The molecule has 1 heterocycles. The fraction of sp³-hybridized carbons (Fsp3) is 0.438. The van der Waals surface area contributed by atoms with Crippen molar-refractivity contribution in [3.05, 3.63) is 35.2 Å². The van der Waals surface area contributed by atoms with Crippen LogP contribution < -0.4 is 0 Å². The SMILES string of the molecule is CN(C=O)C1(c2cc3ccccc3s2)CCCCC1. The lowest BCUT2D eigenvalue weighted by atomic mass is 9.79. The Balaban J connectivity index is 2.10. The summed E-state index contributed by atoms with van der Waals surface area (Å²) in [5.74, 6) is 0. The van der Waals surface area contributed by atoms with E-state index < -0.39 is 0 Å². The summed E-state index contributed by atoms with van der Waals surface area (Å²) in [6.07, 6.45) is 6.90. The van der Waals surface area contributed by atoms with Gasteiger partial charge in [-0.25, -0.2) is 0 Å². The van der Waals surface area contributed by atoms with Crippen molar-refractivity contribution in [1.82, 2.24) is 4.90 Å². The maximum Gasteiger partial charge on any atom is 0.210 e. The molecule has 1 aliphatic rings. The third kappa shape index (κ3) is 2.06. The van der Waals surface area contributed by atoms with E-state index in [0.717, 1.165) is 19.3 Å². The number of hydrogen-bond acceptors (Lipinski definition) is 2. The Morgan fingerprint density at radius 1 is 1.21 bits per heavy atom. The maximum absolute atomic E-state index is 11.3. The molecule has 3 heteroatoms. The van der Waals surface area contributed by atoms with E-state index >= 15 is 0 Å². The second-order valence-corrected chi connectivity index (χ2v) is 6.54. The fourth-order valence-electron chi connectivity index (χ4n) is 3.22. The lowest BCUT2D eigenvalue weighted by molar-refractivity contribution is -0.123. The van der Waals surface area contributed by atoms with Gasteiger partial charge in [0.25, 0.3) is 0 Å². The normalized spacial score (nSPS) is 18.4. The van der Waals surface area contributed by atoms with Crippen LogP contribution in [0.25, 0.3) is 10.1 Å². The highest BCUT2D eigenvalue weighted by Gasteiger charge is 2.38. The fourth-order valence-corrected chi connectivity index (χ4v) is 4.57. The molecule has 2 nitrogen and oxygen atoms in total. The van der Waals surface area contributed by atoms with Crippen molar-refractivity contribution in [3.8, 4) is 0 Å². The average Bonchev–Trinajstić information content (AvgIpc) is 2.91. The molecular weight excluding hydrogens is 254 g/mol. The Hall–Kier alpha value is -1.35. The van der Waals surface area contributed by atoms with Crippen LogP contribution in [0.4, 0.5) is 0 Å². The highest BCUT2D eigenvalue weighted by molar-refractivity contribution is 7.19. The van der Waals surface area contributed by atoms with Gasteiger partial charge in [0.05, 0.1) is 5.54 Å². The first-order chi connectivity index (χ1) is 9.26. The van der Waals surface area contributed by atoms with E-state index in [9.17, 15) is 4.79 Å². The maximum atomic E-state index is 11.3. The van der Waals surface area contributed by atoms with Crippen LogP contribution in [0.2, 0.25) is 0 Å². The number of hydrogen-bond donors (Lipinski definition) is 0. The first-order valence-electron chi connectivity index (χ1n) is 6.93. The minimum absolute atomic E-state index is 0.0658. The van der Waals surface area contributed by atoms with E-state index in [1.807, 2.05) is 23.3 Å². The number of fused-ring (bicyclic) bond motifs is 1. The van der Waals surface area contributed by atoms with Crippen molar-refractivity contribution in [2.75, 3.05) is 7.05 Å². The van der Waals surface area contributed by atoms with Gasteiger partial charge in [0, 0.05) is 16.6 Å². The number of amides is 1. The van der Waals surface area contributed by atoms with Crippen molar-refractivity contribution in [2.24, 2.45) is 0 Å². The first kappa shape index (κ1) is 12.7. The summed E-state index contributed by atoms with van der Waals surface area (Å²) in [7, 11) is 1.93. The van der Waals surface area contributed by atoms with Crippen LogP contribution >= 0.6 is 11.3 Å². The number of rotatable bonds is 3. The molecular formula is C16H19NOS. The number of thiophene rings is 1. The zero-order chi connectivity index (χ0) is 13.3. The van der Waals surface area contributed by atoms with Gasteiger partial charge in [0.1, 0.15) is 0 Å². The average molecular weight is 273 g/mol. The predicted octanol–water partition coefficient (Wildman–Crippen LogP) is 4.15. The van der Waals surface area contributed by atoms with Gasteiger partial charge in [0.2, 0.25) is 6.41 Å². The Morgan fingerprint density at radius 2 is 1.95 bits per heavy atom. The highest BCUT2D eigenvalue weighted by atomic mass is 32.1. The van der Waals surface area contributed by atoms with E-state index in [1.165, 1.54) is 34.2 Å². The van der Waals surface area contributed by atoms with Crippen molar-refractivity contribution in [3.63, 3.8) is 0 Å². The van der Waals surface area contributed by atoms with Gasteiger partial charge in [-0.3, -0.25) is 4.79 Å². The van der Waals surface area contributed by atoms with E-state index in [2.05, 4.69) is 30.3 Å². The van der Waals surface area contributed by atoms with Gasteiger partial charge in [-0.2, -0.15) is 0 Å². The Kier molecular flexibility index (Phi) is 3.31. The summed E-state index contributed by atoms with van der Waals surface area (Å²) >= 11 is 1.85. The van der Waals surface area contributed by atoms with E-state index in [4.69, 9.17) is 0 Å². The number of nitrogens with zero attached hydrogens (tertiary/aromatic N) is 1. The lowest BCUT2D eigenvalue weighted by Crippen LogP contribution is -2.43. The van der Waals surface area contributed by atoms with Gasteiger partial charge in [0.15, 0.2) is 0 Å². The molecule has 1 aromatic carbocycles. The molecule has 0 atom stereocenters. The molecule has 100 valence electrons. The third-order valence-corrected chi connectivity index (χ3v) is 5.71. The van der Waals surface area contributed by atoms with Crippen LogP contribution in [-0.4, -0.2) is 18.4 Å². The lowest BCUT2D eigenvalue weighted by Gasteiger charge is -2.42. The molecule has 0 radical (unpaired) electrons. The van der Waals surface area contributed by atoms with Crippen molar-refractivity contribution in [1.29, 1.82) is 0 Å². The van der Waals surface area contributed by atoms with Crippen molar-refractivity contribution in [2.45, 2.75) is 37.6 Å². The second kappa shape index (κ2) is 4.97. The Labute approximate surface area is 118 Å². The smallest absolute Gasteiger partial charge is 0.210 e. The first-order valence-corrected chi connectivity index (χ1v) is 7.75. The highest BCUT2D eigenvalue weighted by Crippen LogP contribution is 2.45. The van der Waals surface area contributed by atoms with Gasteiger partial charge in [-0.05, 0) is 30.4 Å². The second-order valence-electron chi connectivity index (χ2n) is 5.46. The standard InChI is InChI=1S/C16H19NOS/c1-17(12-18)16(9-5-2-6-10-16)15-11-13-7-3-4-8-14(13)19-15/h3-4,7-8,11-12H,2,5-6,9-10H2,1H3. The van der Waals surface area contributed by atoms with Crippen LogP contribution in [0.15, 0.2) is 30.3 Å². The van der Waals surface area contributed by atoms with Gasteiger partial charge < -0.3 is 4.90 Å². The van der Waals surface area contributed by atoms with E-state index in [-0.39, 0.29) is 5.54 Å². The molecule has 0 spiro atoms. The summed E-state index contributed by atoms with van der Waals surface area (Å²) in [5, 5.41) is 1.30. The van der Waals surface area contributed by atoms with Gasteiger partial charge in [-0.1, -0.05) is 37.5 Å². The molecule has 1 saturated carbocycles. The number of carbonyl (C=O) groups excluding carboxylic acids is 1. The summed E-state index contributed by atoms with van der Waals surface area (Å²) in [6, 6.07) is 10.8. The van der Waals surface area contributed by atoms with Crippen LogP contribution in [0, 0.1) is 0 Å². The van der Waals surface area contributed by atoms with Crippen LogP contribution in [-0.2, 0) is 10.3 Å². The Bertz CT molecular complexity index is 550. The summed E-state index contributed by atoms with van der Waals surface area (Å²) in [5.41, 5.74) is -0.0658. The predicted molar refractivity (Wildman–Crippen MR) is 80.4 cm³/mol. The van der Waals surface area contributed by atoms with Crippen LogP contribution in [0.3, 0.4) is 0 Å². The molecule has 1 amide bonds. The van der Waals surface area contributed by atoms with E-state index in [0.29, 0.717) is 0 Å². The topological polar surface area (TPSA) is 20.3 Å². The number of benzene rings is 1. The Morgan fingerprint density at radius 3 is 2.63 bits per heavy atom. The molecule has 3 rings (SSSR count). The molecule has 0 bridgehead atoms. The molecule has 2 aromatic rings. The molecule has 0 saturated heterocycles. The minimum atomic E-state index is -0.0658. The summed E-state index contributed by atoms with van der Waals surface area (Å²) in [4.78, 5) is 14.6. The molecule has 0 unspecified atom stereocenters. The minimum Gasteiger partial charge on any atom is -0.338 e. The van der Waals surface area contributed by atoms with Gasteiger partial charge >= 0.3 is 0 Å².